The standard InChI is InChI=1S/C53H37N/c1-6-18-38(19-7-1)39-30-32-44(33-31-39)54(43-26-14-5-15-27-43)45-34-35-47-50-37-49(40-20-8-2-9-21-40)46-28-16-17-29-48(46)52(50)53(51(47)36-45,41-22-10-3-11-23-41)42-24-12-4-13-25-42/h1-37H. The normalized spacial score (nSPS) is 12.6. The Hall–Kier alpha value is -6.96. The summed E-state index contributed by atoms with van der Waals surface area (Å²) in [7, 11) is 0. The van der Waals surface area contributed by atoms with Crippen molar-refractivity contribution < 1.29 is 0 Å². The molecule has 0 bridgehead atoms. The van der Waals surface area contributed by atoms with Crippen LogP contribution in [-0.4, -0.2) is 0 Å². The highest BCUT2D eigenvalue weighted by atomic mass is 15.1. The number of hydrogen-bond acceptors (Lipinski definition) is 1. The number of anilines is 3. The number of para-hydroxylation sites is 1. The molecule has 0 radical (unpaired) electrons. The van der Waals surface area contributed by atoms with Gasteiger partial charge in [-0.3, -0.25) is 0 Å². The Kier molecular flexibility index (Phi) is 7.78. The molecule has 1 aliphatic carbocycles. The van der Waals surface area contributed by atoms with Crippen LogP contribution in [-0.2, 0) is 5.41 Å². The molecule has 0 fully saturated rings. The van der Waals surface area contributed by atoms with Crippen molar-refractivity contribution in [2.45, 2.75) is 5.41 Å². The summed E-state index contributed by atoms with van der Waals surface area (Å²) in [5.74, 6) is 0. The molecular formula is C53H37N. The third-order valence-electron chi connectivity index (χ3n) is 11.1. The molecule has 54 heavy (non-hydrogen) atoms. The summed E-state index contributed by atoms with van der Waals surface area (Å²) in [6.07, 6.45) is 0. The van der Waals surface area contributed by atoms with E-state index in [2.05, 4.69) is 229 Å². The van der Waals surface area contributed by atoms with E-state index in [0.29, 0.717) is 0 Å². The predicted molar refractivity (Wildman–Crippen MR) is 227 cm³/mol. The van der Waals surface area contributed by atoms with Crippen LogP contribution >= 0.6 is 0 Å². The molecule has 9 aromatic carbocycles. The Balaban J connectivity index is 1.27. The number of hydrogen-bond donors (Lipinski definition) is 0. The Morgan fingerprint density at radius 1 is 0.296 bits per heavy atom. The van der Waals surface area contributed by atoms with Gasteiger partial charge in [0.15, 0.2) is 0 Å². The van der Waals surface area contributed by atoms with Crippen LogP contribution in [0.1, 0.15) is 22.3 Å². The molecule has 0 spiro atoms. The molecule has 1 heteroatoms. The third-order valence-corrected chi connectivity index (χ3v) is 11.1. The van der Waals surface area contributed by atoms with Crippen molar-refractivity contribution >= 4 is 27.8 Å². The molecule has 0 aromatic heterocycles. The monoisotopic (exact) mass is 687 g/mol. The van der Waals surface area contributed by atoms with Crippen LogP contribution < -0.4 is 4.90 Å². The predicted octanol–water partition coefficient (Wildman–Crippen LogP) is 14.0. The Labute approximate surface area is 317 Å². The van der Waals surface area contributed by atoms with Gasteiger partial charge in [0.2, 0.25) is 0 Å². The van der Waals surface area contributed by atoms with Crippen molar-refractivity contribution in [1.82, 2.24) is 0 Å². The van der Waals surface area contributed by atoms with E-state index in [1.54, 1.807) is 0 Å². The Morgan fingerprint density at radius 2 is 0.759 bits per heavy atom. The van der Waals surface area contributed by atoms with Gasteiger partial charge in [-0.25, -0.2) is 0 Å². The van der Waals surface area contributed by atoms with Gasteiger partial charge in [-0.15, -0.1) is 0 Å². The lowest BCUT2D eigenvalue weighted by Crippen LogP contribution is -2.29. The fourth-order valence-corrected chi connectivity index (χ4v) is 8.80. The lowest BCUT2D eigenvalue weighted by Gasteiger charge is -2.35. The van der Waals surface area contributed by atoms with Gasteiger partial charge >= 0.3 is 0 Å². The van der Waals surface area contributed by atoms with Gasteiger partial charge < -0.3 is 4.90 Å². The molecule has 0 amide bonds. The summed E-state index contributed by atoms with van der Waals surface area (Å²) >= 11 is 0. The van der Waals surface area contributed by atoms with Gasteiger partial charge in [0, 0.05) is 17.1 Å². The molecular weight excluding hydrogens is 651 g/mol. The van der Waals surface area contributed by atoms with Crippen LogP contribution in [0.15, 0.2) is 224 Å². The average Bonchev–Trinajstić information content (AvgIpc) is 3.56. The largest absolute Gasteiger partial charge is 0.310 e. The van der Waals surface area contributed by atoms with E-state index in [4.69, 9.17) is 0 Å². The lowest BCUT2D eigenvalue weighted by molar-refractivity contribution is 0.775. The minimum absolute atomic E-state index is 0.572. The van der Waals surface area contributed by atoms with E-state index in [1.807, 2.05) is 0 Å². The number of fused-ring (bicyclic) bond motifs is 5. The van der Waals surface area contributed by atoms with Crippen LogP contribution in [0.25, 0.3) is 44.2 Å². The van der Waals surface area contributed by atoms with E-state index in [0.717, 1.165) is 17.1 Å². The second-order valence-electron chi connectivity index (χ2n) is 14.1. The van der Waals surface area contributed by atoms with Gasteiger partial charge in [-0.05, 0) is 109 Å². The fraction of sp³-hybridized carbons (Fsp3) is 0.0189. The van der Waals surface area contributed by atoms with Crippen LogP contribution in [0.5, 0.6) is 0 Å². The molecule has 254 valence electrons. The SMILES string of the molecule is c1ccc(-c2ccc(N(c3ccccc3)c3ccc4c(c3)C(c3ccccc3)(c3ccccc3)c3c-4cc(-c4ccccc4)c4ccccc34)cc2)cc1. The maximum Gasteiger partial charge on any atom is 0.0720 e. The van der Waals surface area contributed by atoms with Crippen LogP contribution in [0.3, 0.4) is 0 Å². The smallest absolute Gasteiger partial charge is 0.0720 e. The van der Waals surface area contributed by atoms with Gasteiger partial charge in [-0.2, -0.15) is 0 Å². The van der Waals surface area contributed by atoms with E-state index >= 15 is 0 Å². The molecule has 0 N–H and O–H groups in total. The minimum Gasteiger partial charge on any atom is -0.310 e. The number of rotatable bonds is 7. The first kappa shape index (κ1) is 31.7. The quantitative estimate of drug-likeness (QED) is 0.161. The van der Waals surface area contributed by atoms with Gasteiger partial charge in [0.25, 0.3) is 0 Å². The molecule has 0 unspecified atom stereocenters. The zero-order chi connectivity index (χ0) is 35.9. The first-order chi connectivity index (χ1) is 26.8. The topological polar surface area (TPSA) is 3.24 Å². The summed E-state index contributed by atoms with van der Waals surface area (Å²) in [5, 5.41) is 2.53. The summed E-state index contributed by atoms with van der Waals surface area (Å²) in [4.78, 5) is 2.40. The van der Waals surface area contributed by atoms with Crippen molar-refractivity contribution in [1.29, 1.82) is 0 Å². The first-order valence-electron chi connectivity index (χ1n) is 18.7. The van der Waals surface area contributed by atoms with E-state index in [9.17, 15) is 0 Å². The molecule has 0 atom stereocenters. The van der Waals surface area contributed by atoms with E-state index in [-0.39, 0.29) is 0 Å². The van der Waals surface area contributed by atoms with Crippen LogP contribution in [0.4, 0.5) is 17.1 Å². The van der Waals surface area contributed by atoms with Crippen molar-refractivity contribution in [3.8, 4) is 33.4 Å². The second kappa shape index (κ2) is 13.2. The van der Waals surface area contributed by atoms with Gasteiger partial charge in [0.05, 0.1) is 5.41 Å². The van der Waals surface area contributed by atoms with Crippen LogP contribution in [0.2, 0.25) is 0 Å². The molecule has 1 aliphatic rings. The summed E-state index contributed by atoms with van der Waals surface area (Å²) in [6.45, 7) is 0. The highest BCUT2D eigenvalue weighted by Gasteiger charge is 2.48. The molecule has 0 saturated carbocycles. The van der Waals surface area contributed by atoms with Crippen molar-refractivity contribution in [2.24, 2.45) is 0 Å². The van der Waals surface area contributed by atoms with Gasteiger partial charge in [0.1, 0.15) is 0 Å². The molecule has 0 heterocycles. The zero-order valence-electron chi connectivity index (χ0n) is 29.8. The Morgan fingerprint density at radius 3 is 1.37 bits per heavy atom. The van der Waals surface area contributed by atoms with Gasteiger partial charge in [-0.1, -0.05) is 182 Å². The highest BCUT2D eigenvalue weighted by Crippen LogP contribution is 2.60. The van der Waals surface area contributed by atoms with Crippen molar-refractivity contribution in [3.05, 3.63) is 247 Å². The molecule has 0 aliphatic heterocycles. The average molecular weight is 688 g/mol. The third kappa shape index (κ3) is 5.09. The summed E-state index contributed by atoms with van der Waals surface area (Å²) in [5.41, 5.74) is 15.3. The molecule has 1 nitrogen and oxygen atoms in total. The highest BCUT2D eigenvalue weighted by molar-refractivity contribution is 6.07. The van der Waals surface area contributed by atoms with Crippen molar-refractivity contribution in [2.75, 3.05) is 4.90 Å². The zero-order valence-corrected chi connectivity index (χ0v) is 29.8. The van der Waals surface area contributed by atoms with Crippen molar-refractivity contribution in [3.63, 3.8) is 0 Å². The lowest BCUT2D eigenvalue weighted by atomic mass is 9.66. The molecule has 9 aromatic rings. The van der Waals surface area contributed by atoms with E-state index in [1.165, 1.54) is 66.4 Å². The summed E-state index contributed by atoms with van der Waals surface area (Å²) in [6, 6.07) is 82.0. The van der Waals surface area contributed by atoms with Crippen LogP contribution in [0, 0.1) is 0 Å². The first-order valence-corrected chi connectivity index (χ1v) is 18.7. The van der Waals surface area contributed by atoms with E-state index < -0.39 is 5.41 Å². The number of nitrogens with zero attached hydrogens (tertiary/aromatic N) is 1. The number of benzene rings is 9. The maximum absolute atomic E-state index is 2.46. The fourth-order valence-electron chi connectivity index (χ4n) is 8.80. The summed E-state index contributed by atoms with van der Waals surface area (Å²) < 4.78 is 0. The minimum atomic E-state index is -0.572. The molecule has 10 rings (SSSR count). The maximum atomic E-state index is 2.46. The molecule has 0 saturated heterocycles. The second-order valence-corrected chi connectivity index (χ2v) is 14.1. The Bertz CT molecular complexity index is 2680.